The first kappa shape index (κ1) is 16.2. The van der Waals surface area contributed by atoms with E-state index in [1.807, 2.05) is 6.92 Å². The molecule has 0 bridgehead atoms. The van der Waals surface area contributed by atoms with Crippen LogP contribution in [0.5, 0.6) is 5.88 Å². The van der Waals surface area contributed by atoms with Gasteiger partial charge in [-0.05, 0) is 57.7 Å². The Morgan fingerprint density at radius 2 is 2.24 bits per heavy atom. The summed E-state index contributed by atoms with van der Waals surface area (Å²) in [5, 5.41) is 3.44. The van der Waals surface area contributed by atoms with Gasteiger partial charge in [-0.25, -0.2) is 4.98 Å². The fraction of sp³-hybridized carbons (Fsp3) is 0.706. The van der Waals surface area contributed by atoms with Gasteiger partial charge in [-0.15, -0.1) is 0 Å². The highest BCUT2D eigenvalue weighted by atomic mass is 16.5. The van der Waals surface area contributed by atoms with Crippen LogP contribution in [0.25, 0.3) is 0 Å². The highest BCUT2D eigenvalue weighted by Crippen LogP contribution is 2.22. The van der Waals surface area contributed by atoms with E-state index in [4.69, 9.17) is 9.47 Å². The Morgan fingerprint density at radius 1 is 1.38 bits per heavy atom. The Bertz CT molecular complexity index is 443. The zero-order valence-corrected chi connectivity index (χ0v) is 13.6. The van der Waals surface area contributed by atoms with Crippen LogP contribution in [-0.2, 0) is 11.3 Å². The molecule has 1 saturated heterocycles. The minimum absolute atomic E-state index is 0.220. The molecule has 0 spiro atoms. The Labute approximate surface area is 128 Å². The summed E-state index contributed by atoms with van der Waals surface area (Å²) in [7, 11) is 0. The lowest BCUT2D eigenvalue weighted by molar-refractivity contribution is -0.0121. The van der Waals surface area contributed by atoms with Crippen molar-refractivity contribution in [3.8, 4) is 5.88 Å². The molecular weight excluding hydrogens is 264 g/mol. The lowest BCUT2D eigenvalue weighted by atomic mass is 10.1. The summed E-state index contributed by atoms with van der Waals surface area (Å²) in [5.41, 5.74) is 3.42. The Morgan fingerprint density at radius 3 is 2.95 bits per heavy atom. The molecular formula is C17H28N2O2. The van der Waals surface area contributed by atoms with Gasteiger partial charge in [-0.3, -0.25) is 0 Å². The lowest BCUT2D eigenvalue weighted by Crippen LogP contribution is -2.26. The maximum absolute atomic E-state index is 5.99. The average Bonchev–Trinajstić information content (AvgIpc) is 2.48. The van der Waals surface area contributed by atoms with E-state index >= 15 is 0 Å². The minimum atomic E-state index is 0.220. The highest BCUT2D eigenvalue weighted by Gasteiger charge is 2.17. The van der Waals surface area contributed by atoms with E-state index in [1.165, 1.54) is 24.0 Å². The normalized spacial score (nSPS) is 18.7. The summed E-state index contributed by atoms with van der Waals surface area (Å²) in [6.07, 6.45) is 4.85. The molecule has 4 nitrogen and oxygen atoms in total. The molecule has 1 atom stereocenters. The molecule has 118 valence electrons. The number of aryl methyl sites for hydroxylation is 2. The first-order valence-corrected chi connectivity index (χ1v) is 8.13. The van der Waals surface area contributed by atoms with E-state index in [9.17, 15) is 0 Å². The summed E-state index contributed by atoms with van der Waals surface area (Å²) in [6, 6.07) is 2.12. The smallest absolute Gasteiger partial charge is 0.218 e. The number of ether oxygens (including phenoxy) is 2. The van der Waals surface area contributed by atoms with Crippen molar-refractivity contribution in [3.05, 3.63) is 22.9 Å². The van der Waals surface area contributed by atoms with E-state index in [0.29, 0.717) is 6.61 Å². The number of nitrogens with one attached hydrogen (secondary N) is 1. The third-order valence-corrected chi connectivity index (χ3v) is 3.85. The molecule has 2 rings (SSSR count). The van der Waals surface area contributed by atoms with Crippen LogP contribution in [0.1, 0.15) is 49.4 Å². The maximum Gasteiger partial charge on any atom is 0.218 e. The first-order valence-electron chi connectivity index (χ1n) is 8.13. The fourth-order valence-electron chi connectivity index (χ4n) is 2.66. The predicted molar refractivity (Wildman–Crippen MR) is 84.8 cm³/mol. The molecule has 0 amide bonds. The number of pyridine rings is 1. The molecule has 4 heteroatoms. The molecule has 1 aromatic heterocycles. The number of aromatic nitrogens is 1. The minimum Gasteiger partial charge on any atom is -0.475 e. The number of rotatable bonds is 7. The van der Waals surface area contributed by atoms with Crippen molar-refractivity contribution in [3.63, 3.8) is 0 Å². The van der Waals surface area contributed by atoms with Crippen LogP contribution in [0.3, 0.4) is 0 Å². The molecule has 1 aliphatic rings. The monoisotopic (exact) mass is 292 g/mol. The molecule has 2 heterocycles. The van der Waals surface area contributed by atoms with Gasteiger partial charge in [-0.1, -0.05) is 6.92 Å². The van der Waals surface area contributed by atoms with Crippen LogP contribution >= 0.6 is 0 Å². The summed E-state index contributed by atoms with van der Waals surface area (Å²) in [4.78, 5) is 4.58. The van der Waals surface area contributed by atoms with Crippen molar-refractivity contribution < 1.29 is 9.47 Å². The molecule has 0 aliphatic carbocycles. The Hall–Kier alpha value is -1.13. The molecule has 1 N–H and O–H groups in total. The zero-order valence-electron chi connectivity index (χ0n) is 13.6. The summed E-state index contributed by atoms with van der Waals surface area (Å²) in [5.74, 6) is 0.769. The van der Waals surface area contributed by atoms with Gasteiger partial charge in [0.05, 0.1) is 6.10 Å². The summed E-state index contributed by atoms with van der Waals surface area (Å²) in [6.45, 7) is 9.61. The zero-order chi connectivity index (χ0) is 15.1. The van der Waals surface area contributed by atoms with Gasteiger partial charge in [0.25, 0.3) is 0 Å². The summed E-state index contributed by atoms with van der Waals surface area (Å²) >= 11 is 0. The third kappa shape index (κ3) is 4.97. The second-order valence-electron chi connectivity index (χ2n) is 5.84. The van der Waals surface area contributed by atoms with Gasteiger partial charge >= 0.3 is 0 Å². The Balaban J connectivity index is 2.01. The SMILES string of the molecule is CCCNCc1c(C)cc(C)nc1OCC1CCCCO1. The average molecular weight is 292 g/mol. The quantitative estimate of drug-likeness (QED) is 0.784. The predicted octanol–water partition coefficient (Wildman–Crippen LogP) is 3.15. The largest absolute Gasteiger partial charge is 0.475 e. The lowest BCUT2D eigenvalue weighted by Gasteiger charge is -2.23. The number of nitrogens with zero attached hydrogens (tertiary/aromatic N) is 1. The number of hydrogen-bond acceptors (Lipinski definition) is 4. The number of hydrogen-bond donors (Lipinski definition) is 1. The van der Waals surface area contributed by atoms with Crippen LogP contribution < -0.4 is 10.1 Å². The van der Waals surface area contributed by atoms with Gasteiger partial charge in [0, 0.05) is 24.4 Å². The molecule has 21 heavy (non-hydrogen) atoms. The maximum atomic E-state index is 5.99. The van der Waals surface area contributed by atoms with E-state index in [0.717, 1.165) is 44.1 Å². The molecule has 1 fully saturated rings. The van der Waals surface area contributed by atoms with E-state index in [-0.39, 0.29) is 6.10 Å². The van der Waals surface area contributed by atoms with Gasteiger partial charge in [0.1, 0.15) is 6.61 Å². The van der Waals surface area contributed by atoms with Crippen LogP contribution in [0.4, 0.5) is 0 Å². The molecule has 1 aromatic rings. The molecule has 0 saturated carbocycles. The highest BCUT2D eigenvalue weighted by molar-refractivity contribution is 5.35. The van der Waals surface area contributed by atoms with Crippen molar-refractivity contribution in [2.45, 2.75) is 59.1 Å². The Kier molecular flexibility index (Phi) is 6.46. The summed E-state index contributed by atoms with van der Waals surface area (Å²) < 4.78 is 11.7. The van der Waals surface area contributed by atoms with Gasteiger partial charge < -0.3 is 14.8 Å². The van der Waals surface area contributed by atoms with Crippen LogP contribution in [-0.4, -0.2) is 30.8 Å². The van der Waals surface area contributed by atoms with Gasteiger partial charge in [0.15, 0.2) is 0 Å². The van der Waals surface area contributed by atoms with Crippen molar-refractivity contribution in [2.24, 2.45) is 0 Å². The third-order valence-electron chi connectivity index (χ3n) is 3.85. The van der Waals surface area contributed by atoms with E-state index in [1.54, 1.807) is 0 Å². The van der Waals surface area contributed by atoms with Gasteiger partial charge in [-0.2, -0.15) is 0 Å². The van der Waals surface area contributed by atoms with Crippen molar-refractivity contribution in [2.75, 3.05) is 19.8 Å². The molecule has 0 radical (unpaired) electrons. The molecule has 1 unspecified atom stereocenters. The van der Waals surface area contributed by atoms with Gasteiger partial charge in [0.2, 0.25) is 5.88 Å². The van der Waals surface area contributed by atoms with Crippen LogP contribution in [0, 0.1) is 13.8 Å². The topological polar surface area (TPSA) is 43.4 Å². The second-order valence-corrected chi connectivity index (χ2v) is 5.84. The molecule has 1 aliphatic heterocycles. The van der Waals surface area contributed by atoms with E-state index in [2.05, 4.69) is 30.2 Å². The second kappa shape index (κ2) is 8.35. The van der Waals surface area contributed by atoms with Crippen molar-refractivity contribution in [1.29, 1.82) is 0 Å². The first-order chi connectivity index (χ1) is 10.2. The fourth-order valence-corrected chi connectivity index (χ4v) is 2.66. The van der Waals surface area contributed by atoms with Crippen molar-refractivity contribution in [1.82, 2.24) is 10.3 Å². The van der Waals surface area contributed by atoms with Crippen molar-refractivity contribution >= 4 is 0 Å². The van der Waals surface area contributed by atoms with E-state index < -0.39 is 0 Å². The molecule has 0 aromatic carbocycles. The van der Waals surface area contributed by atoms with Crippen LogP contribution in [0.15, 0.2) is 6.07 Å². The van der Waals surface area contributed by atoms with Crippen LogP contribution in [0.2, 0.25) is 0 Å². The standard InChI is InChI=1S/C17H28N2O2/c1-4-8-18-11-16-13(2)10-14(3)19-17(16)21-12-15-7-5-6-9-20-15/h10,15,18H,4-9,11-12H2,1-3H3.